The Morgan fingerprint density at radius 1 is 0.436 bits per heavy atom. The number of carbonyl (C=O) groups excluding carboxylic acids is 6. The van der Waals surface area contributed by atoms with E-state index in [0.717, 1.165) is 16.7 Å². The number of ether oxygens (including phenoxy) is 3. The van der Waals surface area contributed by atoms with Gasteiger partial charge in [0.25, 0.3) is 0 Å². The lowest BCUT2D eigenvalue weighted by Gasteiger charge is -2.30. The molecule has 0 spiro atoms. The molecule has 0 aliphatic rings. The molecule has 0 N–H and O–H groups in total. The maximum Gasteiger partial charge on any atom is 0.549 e. The number of rotatable bonds is 14. The van der Waals surface area contributed by atoms with Gasteiger partial charge in [-0.15, -0.1) is 0 Å². The van der Waals surface area contributed by atoms with Crippen LogP contribution in [-0.4, -0.2) is 56.2 Å². The minimum atomic E-state index is -1.50. The normalized spacial score (nSPS) is 11.0. The molecule has 55 heavy (non-hydrogen) atoms. The molecule has 3 aromatic carbocycles. The fourth-order valence-electron chi connectivity index (χ4n) is 4.95. The molecule has 0 amide bonds. The molecule has 0 aliphatic carbocycles. The predicted molar refractivity (Wildman–Crippen MR) is 192 cm³/mol. The van der Waals surface area contributed by atoms with Crippen LogP contribution in [0.1, 0.15) is 127 Å². The van der Waals surface area contributed by atoms with Gasteiger partial charge < -0.3 is 14.2 Å². The average Bonchev–Trinajstić information content (AvgIpc) is 3.18. The fraction of sp³-hybridized carbons (Fsp3) is 0.400. The zero-order valence-electron chi connectivity index (χ0n) is 31.8. The van der Waals surface area contributed by atoms with E-state index < -0.39 is 61.6 Å². The van der Waals surface area contributed by atoms with Crippen molar-refractivity contribution in [3.8, 4) is 0 Å². The van der Waals surface area contributed by atoms with Gasteiger partial charge in [0.05, 0.1) is 22.1 Å². The molecule has 15 heteroatoms. The van der Waals surface area contributed by atoms with E-state index in [0.29, 0.717) is 6.42 Å². The molecule has 0 atom stereocenters. The third-order valence-corrected chi connectivity index (χ3v) is 8.26. The van der Waals surface area contributed by atoms with Crippen LogP contribution in [-0.2, 0) is 43.5 Å². The van der Waals surface area contributed by atoms with E-state index in [1.54, 1.807) is 43.3 Å². The summed E-state index contributed by atoms with van der Waals surface area (Å²) in [6.07, 6.45) is -3.92. The van der Waals surface area contributed by atoms with Crippen LogP contribution in [0.4, 0.5) is 14.4 Å². The minimum absolute atomic E-state index is 0.0762. The topological polar surface area (TPSA) is 185 Å². The molecule has 0 unspecified atom stereocenters. The third kappa shape index (κ3) is 14.0. The molecule has 0 saturated heterocycles. The summed E-state index contributed by atoms with van der Waals surface area (Å²) in [6.45, 7) is 11.7. The first-order chi connectivity index (χ1) is 26.1. The number of benzene rings is 3. The Labute approximate surface area is 318 Å². The lowest BCUT2D eigenvalue weighted by Crippen LogP contribution is -2.40. The average molecular weight is 767 g/mol. The molecule has 3 aromatic rings. The SMILES string of the molecule is CCCC(COC(=O)OOC(=O)c1ccc(C(C)C)cc1)(COC(=O)OOC(=O)c1ccc(C(C)C)cc1)COC(=O)OOC(=O)c1ccc(C(C)C)cc1. The first-order valence-corrected chi connectivity index (χ1v) is 17.6. The standard InChI is InChI=1S/C40H46O15/c1-8-21-40(22-47-37(44)53-50-34(41)31-15-9-28(10-16-31)25(2)3,23-48-38(45)54-51-35(42)32-17-11-29(12-18-32)26(4)5)24-49-39(46)55-52-36(43)33-19-13-30(14-20-33)27(6)7/h9-20,25-27H,8,21-24H2,1-7H3. The monoisotopic (exact) mass is 766 g/mol. The third-order valence-electron chi connectivity index (χ3n) is 8.26. The molecular formula is C40H46O15. The summed E-state index contributed by atoms with van der Waals surface area (Å²) >= 11 is 0. The number of carbonyl (C=O) groups is 6. The summed E-state index contributed by atoms with van der Waals surface area (Å²) in [4.78, 5) is 102. The van der Waals surface area contributed by atoms with Crippen molar-refractivity contribution >= 4 is 36.4 Å². The summed E-state index contributed by atoms with van der Waals surface area (Å²) in [7, 11) is 0. The van der Waals surface area contributed by atoms with Crippen LogP contribution in [0.2, 0.25) is 0 Å². The van der Waals surface area contributed by atoms with E-state index in [4.69, 9.17) is 14.2 Å². The summed E-state index contributed by atoms with van der Waals surface area (Å²) in [5.74, 6) is -2.25. The van der Waals surface area contributed by atoms with Crippen molar-refractivity contribution < 1.29 is 72.3 Å². The van der Waals surface area contributed by atoms with Crippen LogP contribution in [0.3, 0.4) is 0 Å². The molecule has 0 aromatic heterocycles. The maximum atomic E-state index is 12.5. The Balaban J connectivity index is 1.63. The largest absolute Gasteiger partial charge is 0.549 e. The van der Waals surface area contributed by atoms with Gasteiger partial charge in [0, 0.05) is 0 Å². The van der Waals surface area contributed by atoms with E-state index in [1.807, 2.05) is 41.5 Å². The first-order valence-electron chi connectivity index (χ1n) is 17.6. The highest BCUT2D eigenvalue weighted by Crippen LogP contribution is 2.27. The second-order valence-corrected chi connectivity index (χ2v) is 13.6. The molecule has 0 saturated carbocycles. The summed E-state index contributed by atoms with van der Waals surface area (Å²) < 4.78 is 15.5. The van der Waals surface area contributed by atoms with Crippen LogP contribution in [0.15, 0.2) is 72.8 Å². The Hall–Kier alpha value is -6.12. The van der Waals surface area contributed by atoms with Crippen molar-refractivity contribution in [3.63, 3.8) is 0 Å². The molecule has 0 aliphatic heterocycles. The van der Waals surface area contributed by atoms with E-state index >= 15 is 0 Å². The molecule has 0 radical (unpaired) electrons. The van der Waals surface area contributed by atoms with Gasteiger partial charge in [-0.2, -0.15) is 14.4 Å². The molecule has 0 heterocycles. The highest BCUT2D eigenvalue weighted by Gasteiger charge is 2.37. The highest BCUT2D eigenvalue weighted by molar-refractivity contribution is 5.90. The molecule has 15 nitrogen and oxygen atoms in total. The predicted octanol–water partition coefficient (Wildman–Crippen LogP) is 8.92. The van der Waals surface area contributed by atoms with Gasteiger partial charge in [-0.1, -0.05) is 91.3 Å². The molecule has 0 fully saturated rings. The zero-order chi connectivity index (χ0) is 40.5. The van der Waals surface area contributed by atoms with Gasteiger partial charge in [-0.3, -0.25) is 0 Å². The van der Waals surface area contributed by atoms with E-state index in [9.17, 15) is 28.8 Å². The van der Waals surface area contributed by atoms with Crippen molar-refractivity contribution in [2.45, 2.75) is 79.1 Å². The van der Waals surface area contributed by atoms with E-state index in [2.05, 4.69) is 29.3 Å². The van der Waals surface area contributed by atoms with Gasteiger partial charge in [0.2, 0.25) is 0 Å². The number of hydrogen-bond donors (Lipinski definition) is 0. The van der Waals surface area contributed by atoms with Gasteiger partial charge in [0.15, 0.2) is 0 Å². The maximum absolute atomic E-state index is 12.5. The van der Waals surface area contributed by atoms with Crippen molar-refractivity contribution in [1.82, 2.24) is 0 Å². The van der Waals surface area contributed by atoms with Crippen molar-refractivity contribution in [2.75, 3.05) is 19.8 Å². The van der Waals surface area contributed by atoms with Crippen LogP contribution in [0.25, 0.3) is 0 Å². The van der Waals surface area contributed by atoms with Gasteiger partial charge in [0.1, 0.15) is 19.8 Å². The molecule has 0 bridgehead atoms. The smallest absolute Gasteiger partial charge is 0.431 e. The van der Waals surface area contributed by atoms with Crippen LogP contribution in [0.5, 0.6) is 0 Å². The Morgan fingerprint density at radius 2 is 0.691 bits per heavy atom. The fourth-order valence-corrected chi connectivity index (χ4v) is 4.95. The molecular weight excluding hydrogens is 720 g/mol. The number of hydrogen-bond acceptors (Lipinski definition) is 15. The van der Waals surface area contributed by atoms with Crippen molar-refractivity contribution in [1.29, 1.82) is 0 Å². The quantitative estimate of drug-likeness (QED) is 0.0655. The molecule has 296 valence electrons. The van der Waals surface area contributed by atoms with Crippen LogP contribution >= 0.6 is 0 Å². The first kappa shape index (κ1) is 43.3. The van der Waals surface area contributed by atoms with E-state index in [1.165, 1.54) is 36.4 Å². The lowest BCUT2D eigenvalue weighted by atomic mass is 9.86. The Bertz CT molecular complexity index is 1540. The zero-order valence-corrected chi connectivity index (χ0v) is 31.8. The van der Waals surface area contributed by atoms with Crippen LogP contribution < -0.4 is 0 Å². The highest BCUT2D eigenvalue weighted by atomic mass is 17.2. The second-order valence-electron chi connectivity index (χ2n) is 13.6. The van der Waals surface area contributed by atoms with Gasteiger partial charge in [-0.05, 0) is 77.3 Å². The van der Waals surface area contributed by atoms with Crippen molar-refractivity contribution in [3.05, 3.63) is 106 Å². The Morgan fingerprint density at radius 3 is 0.909 bits per heavy atom. The van der Waals surface area contributed by atoms with Gasteiger partial charge >= 0.3 is 36.4 Å². The molecule has 3 rings (SSSR count). The summed E-state index contributed by atoms with van der Waals surface area (Å²) in [5.41, 5.74) is 1.76. The lowest BCUT2D eigenvalue weighted by molar-refractivity contribution is -0.217. The van der Waals surface area contributed by atoms with Crippen molar-refractivity contribution in [2.24, 2.45) is 5.41 Å². The Kier molecular flexibility index (Phi) is 16.5. The second kappa shape index (κ2) is 20.9. The van der Waals surface area contributed by atoms with E-state index in [-0.39, 0.29) is 40.9 Å². The van der Waals surface area contributed by atoms with Crippen LogP contribution in [0, 0.1) is 5.41 Å². The minimum Gasteiger partial charge on any atom is -0.431 e. The summed E-state index contributed by atoms with van der Waals surface area (Å²) in [5, 5.41) is 0. The summed E-state index contributed by atoms with van der Waals surface area (Å²) in [6, 6.07) is 19.4. The van der Waals surface area contributed by atoms with Gasteiger partial charge in [-0.25, -0.2) is 43.7 Å².